The predicted molar refractivity (Wildman–Crippen MR) is 72.9 cm³/mol. The number of aromatic nitrogens is 2. The number of hydrogen-bond acceptors (Lipinski definition) is 6. The lowest BCUT2D eigenvalue weighted by Crippen LogP contribution is -2.35. The topological polar surface area (TPSA) is 77.4 Å². The van der Waals surface area contributed by atoms with E-state index < -0.39 is 0 Å². The average Bonchev–Trinajstić information content (AvgIpc) is 2.97. The summed E-state index contributed by atoms with van der Waals surface area (Å²) in [5.41, 5.74) is 7.12. The van der Waals surface area contributed by atoms with Gasteiger partial charge in [-0.3, -0.25) is 4.90 Å². The first-order valence-corrected chi connectivity index (χ1v) is 6.76. The van der Waals surface area contributed by atoms with Gasteiger partial charge in [0.2, 0.25) is 5.89 Å². The molecule has 2 N–H and O–H groups in total. The van der Waals surface area contributed by atoms with E-state index in [9.17, 15) is 0 Å². The first-order valence-electron chi connectivity index (χ1n) is 6.76. The third kappa shape index (κ3) is 3.04. The van der Waals surface area contributed by atoms with E-state index in [1.165, 1.54) is 0 Å². The van der Waals surface area contributed by atoms with Crippen LogP contribution in [0, 0.1) is 0 Å². The van der Waals surface area contributed by atoms with Crippen LogP contribution in [0.5, 0.6) is 0 Å². The van der Waals surface area contributed by atoms with Crippen LogP contribution in [0.2, 0.25) is 0 Å². The molecule has 1 aliphatic rings. The fourth-order valence-electron chi connectivity index (χ4n) is 2.22. The Hall–Kier alpha value is -1.76. The van der Waals surface area contributed by atoms with Crippen molar-refractivity contribution in [2.75, 3.05) is 26.3 Å². The minimum absolute atomic E-state index is 0.349. The molecule has 0 unspecified atom stereocenters. The highest BCUT2D eigenvalue weighted by Gasteiger charge is 2.18. The quantitative estimate of drug-likeness (QED) is 0.894. The highest BCUT2D eigenvalue weighted by atomic mass is 16.5. The summed E-state index contributed by atoms with van der Waals surface area (Å²) in [6.45, 7) is 3.94. The van der Waals surface area contributed by atoms with E-state index in [1.807, 2.05) is 30.3 Å². The fraction of sp³-hybridized carbons (Fsp3) is 0.429. The summed E-state index contributed by atoms with van der Waals surface area (Å²) in [5.74, 6) is 1.13. The monoisotopic (exact) mass is 274 g/mol. The van der Waals surface area contributed by atoms with Crippen LogP contribution in [-0.4, -0.2) is 41.3 Å². The molecule has 20 heavy (non-hydrogen) atoms. The maximum absolute atomic E-state index is 6.14. The third-order valence-electron chi connectivity index (χ3n) is 3.38. The van der Waals surface area contributed by atoms with Crippen LogP contribution in [0.3, 0.4) is 0 Å². The van der Waals surface area contributed by atoms with Crippen LogP contribution in [0.15, 0.2) is 34.9 Å². The summed E-state index contributed by atoms with van der Waals surface area (Å²) < 4.78 is 10.6. The number of rotatable bonds is 4. The number of benzene rings is 1. The Labute approximate surface area is 117 Å². The van der Waals surface area contributed by atoms with Gasteiger partial charge < -0.3 is 15.0 Å². The zero-order chi connectivity index (χ0) is 13.8. The van der Waals surface area contributed by atoms with Crippen molar-refractivity contribution in [3.8, 4) is 0 Å². The molecule has 0 saturated carbocycles. The Morgan fingerprint density at radius 3 is 2.70 bits per heavy atom. The van der Waals surface area contributed by atoms with Crippen molar-refractivity contribution in [3.05, 3.63) is 47.6 Å². The molecule has 0 radical (unpaired) electrons. The van der Waals surface area contributed by atoms with E-state index in [2.05, 4.69) is 15.0 Å². The first-order chi connectivity index (χ1) is 9.83. The molecular weight excluding hydrogens is 256 g/mol. The van der Waals surface area contributed by atoms with Gasteiger partial charge in [-0.05, 0) is 5.56 Å². The fourth-order valence-corrected chi connectivity index (χ4v) is 2.22. The highest BCUT2D eigenvalue weighted by molar-refractivity contribution is 5.23. The number of hydrogen-bond donors (Lipinski definition) is 1. The van der Waals surface area contributed by atoms with Crippen LogP contribution >= 0.6 is 0 Å². The molecular formula is C14H18N4O2. The average molecular weight is 274 g/mol. The minimum Gasteiger partial charge on any atom is -0.379 e. The minimum atomic E-state index is -0.349. The molecule has 2 aromatic rings. The molecule has 1 aromatic carbocycles. The van der Waals surface area contributed by atoms with Gasteiger partial charge in [-0.25, -0.2) is 0 Å². The Balaban J connectivity index is 1.67. The lowest BCUT2D eigenvalue weighted by molar-refractivity contribution is 0.0297. The van der Waals surface area contributed by atoms with Crippen molar-refractivity contribution in [3.63, 3.8) is 0 Å². The predicted octanol–water partition coefficient (Wildman–Crippen LogP) is 0.950. The largest absolute Gasteiger partial charge is 0.379 e. The molecule has 106 valence electrons. The molecule has 1 saturated heterocycles. The van der Waals surface area contributed by atoms with Crippen molar-refractivity contribution in [2.24, 2.45) is 5.73 Å². The molecule has 0 spiro atoms. The number of morpholine rings is 1. The lowest BCUT2D eigenvalue weighted by Gasteiger charge is -2.24. The van der Waals surface area contributed by atoms with Crippen LogP contribution in [0.1, 0.15) is 23.3 Å². The third-order valence-corrected chi connectivity index (χ3v) is 3.38. The molecule has 1 fully saturated rings. The maximum Gasteiger partial charge on any atom is 0.240 e. The summed E-state index contributed by atoms with van der Waals surface area (Å²) in [4.78, 5) is 6.63. The van der Waals surface area contributed by atoms with Gasteiger partial charge in [0.05, 0.1) is 25.8 Å². The van der Waals surface area contributed by atoms with Crippen molar-refractivity contribution in [2.45, 2.75) is 12.6 Å². The summed E-state index contributed by atoms with van der Waals surface area (Å²) in [7, 11) is 0. The van der Waals surface area contributed by atoms with Gasteiger partial charge in [0, 0.05) is 13.1 Å². The lowest BCUT2D eigenvalue weighted by atomic mass is 10.1. The van der Waals surface area contributed by atoms with Gasteiger partial charge in [-0.2, -0.15) is 4.98 Å². The number of nitrogens with zero attached hydrogens (tertiary/aromatic N) is 3. The van der Waals surface area contributed by atoms with Gasteiger partial charge in [-0.1, -0.05) is 35.5 Å². The highest BCUT2D eigenvalue weighted by Crippen LogP contribution is 2.17. The summed E-state index contributed by atoms with van der Waals surface area (Å²) >= 11 is 0. The maximum atomic E-state index is 6.14. The van der Waals surface area contributed by atoms with E-state index in [0.717, 1.165) is 31.9 Å². The van der Waals surface area contributed by atoms with Crippen molar-refractivity contribution in [1.29, 1.82) is 0 Å². The van der Waals surface area contributed by atoms with E-state index in [-0.39, 0.29) is 6.04 Å². The molecule has 0 bridgehead atoms. The van der Waals surface area contributed by atoms with Gasteiger partial charge in [0.25, 0.3) is 0 Å². The smallest absolute Gasteiger partial charge is 0.240 e. The molecule has 1 atom stereocenters. The normalized spacial score (nSPS) is 18.1. The summed E-state index contributed by atoms with van der Waals surface area (Å²) in [5, 5.41) is 3.99. The molecule has 3 rings (SSSR count). The van der Waals surface area contributed by atoms with Gasteiger partial charge in [0.1, 0.15) is 0 Å². The second kappa shape index (κ2) is 6.13. The van der Waals surface area contributed by atoms with Gasteiger partial charge >= 0.3 is 0 Å². The SMILES string of the molecule is N[C@H](c1ccccc1)c1noc(CN2CCOCC2)n1. The Bertz CT molecular complexity index is 537. The van der Waals surface area contributed by atoms with Crippen molar-refractivity contribution in [1.82, 2.24) is 15.0 Å². The van der Waals surface area contributed by atoms with E-state index >= 15 is 0 Å². The molecule has 0 aliphatic carbocycles. The number of ether oxygens (including phenoxy) is 1. The van der Waals surface area contributed by atoms with Crippen molar-refractivity contribution < 1.29 is 9.26 Å². The van der Waals surface area contributed by atoms with E-state index in [4.69, 9.17) is 15.0 Å². The molecule has 2 heterocycles. The standard InChI is InChI=1S/C14H18N4O2/c15-13(11-4-2-1-3-5-11)14-16-12(20-17-14)10-18-6-8-19-9-7-18/h1-5,13H,6-10,15H2/t13-/m1/s1. The Morgan fingerprint density at radius 1 is 1.20 bits per heavy atom. The summed E-state index contributed by atoms with van der Waals surface area (Å²) in [6, 6.07) is 9.42. The molecule has 0 amide bonds. The van der Waals surface area contributed by atoms with E-state index in [0.29, 0.717) is 18.3 Å². The summed E-state index contributed by atoms with van der Waals surface area (Å²) in [6.07, 6.45) is 0. The molecule has 1 aromatic heterocycles. The second-order valence-corrected chi connectivity index (χ2v) is 4.82. The number of nitrogens with two attached hydrogens (primary N) is 1. The Morgan fingerprint density at radius 2 is 1.95 bits per heavy atom. The Kier molecular flexibility index (Phi) is 4.05. The van der Waals surface area contributed by atoms with Gasteiger partial charge in [-0.15, -0.1) is 0 Å². The molecule has 6 heteroatoms. The zero-order valence-electron chi connectivity index (χ0n) is 11.2. The van der Waals surface area contributed by atoms with Crippen molar-refractivity contribution >= 4 is 0 Å². The molecule has 6 nitrogen and oxygen atoms in total. The second-order valence-electron chi connectivity index (χ2n) is 4.82. The van der Waals surface area contributed by atoms with Crippen LogP contribution < -0.4 is 5.73 Å². The first kappa shape index (κ1) is 13.2. The zero-order valence-corrected chi connectivity index (χ0v) is 11.2. The van der Waals surface area contributed by atoms with E-state index in [1.54, 1.807) is 0 Å². The van der Waals surface area contributed by atoms with Gasteiger partial charge in [0.15, 0.2) is 5.82 Å². The molecule has 1 aliphatic heterocycles. The van der Waals surface area contributed by atoms with Crippen LogP contribution in [0.4, 0.5) is 0 Å². The van der Waals surface area contributed by atoms with Crippen LogP contribution in [-0.2, 0) is 11.3 Å². The van der Waals surface area contributed by atoms with Crippen LogP contribution in [0.25, 0.3) is 0 Å².